The number of ether oxygens (including phenoxy) is 1. The molecule has 0 saturated carbocycles. The van der Waals surface area contributed by atoms with Gasteiger partial charge in [-0.15, -0.1) is 0 Å². The minimum Gasteiger partial charge on any atom is -0.493 e. The highest BCUT2D eigenvalue weighted by atomic mass is 16.5. The third kappa shape index (κ3) is 4.39. The zero-order valence-corrected chi connectivity index (χ0v) is 14.9. The number of amides is 1. The van der Waals surface area contributed by atoms with Crippen molar-refractivity contribution in [2.75, 3.05) is 33.3 Å². The van der Waals surface area contributed by atoms with Gasteiger partial charge in [-0.05, 0) is 44.0 Å². The van der Waals surface area contributed by atoms with E-state index in [1.54, 1.807) is 18.0 Å². The van der Waals surface area contributed by atoms with Crippen LogP contribution in [0.5, 0.6) is 5.75 Å². The molecule has 0 aliphatic carbocycles. The van der Waals surface area contributed by atoms with Gasteiger partial charge in [-0.1, -0.05) is 25.1 Å². The van der Waals surface area contributed by atoms with Crippen molar-refractivity contribution < 1.29 is 9.53 Å². The van der Waals surface area contributed by atoms with E-state index in [0.717, 1.165) is 12.2 Å². The number of carbonyl (C=O) groups excluding carboxylic acids is 1. The van der Waals surface area contributed by atoms with Crippen LogP contribution in [0.4, 0.5) is 0 Å². The Labute approximate surface area is 148 Å². The minimum absolute atomic E-state index is 0.195. The molecule has 1 atom stereocenters. The maximum Gasteiger partial charge on any atom is 0.275 e. The highest BCUT2D eigenvalue weighted by molar-refractivity contribution is 5.94. The van der Waals surface area contributed by atoms with Crippen molar-refractivity contribution >= 4 is 5.91 Å². The number of aromatic nitrogens is 2. The lowest BCUT2D eigenvalue weighted by atomic mass is 10.1. The maximum atomic E-state index is 12.5. The summed E-state index contributed by atoms with van der Waals surface area (Å²) in [6, 6.07) is 9.69. The van der Waals surface area contributed by atoms with E-state index in [1.165, 1.54) is 25.9 Å². The van der Waals surface area contributed by atoms with E-state index in [9.17, 15) is 4.79 Å². The number of hydrogen-bond donors (Lipinski definition) is 1. The first kappa shape index (κ1) is 17.5. The predicted octanol–water partition coefficient (Wildman–Crippen LogP) is 2.34. The Kier molecular flexibility index (Phi) is 5.71. The quantitative estimate of drug-likeness (QED) is 0.839. The molecule has 3 rings (SSSR count). The van der Waals surface area contributed by atoms with Crippen molar-refractivity contribution in [3.8, 4) is 11.4 Å². The van der Waals surface area contributed by atoms with Crippen molar-refractivity contribution in [2.24, 2.45) is 5.92 Å². The van der Waals surface area contributed by atoms with Gasteiger partial charge in [-0.2, -0.15) is 5.10 Å². The number of nitrogens with one attached hydrogen (secondary N) is 1. The highest BCUT2D eigenvalue weighted by Gasteiger charge is 2.20. The Morgan fingerprint density at radius 2 is 2.00 bits per heavy atom. The summed E-state index contributed by atoms with van der Waals surface area (Å²) in [5.41, 5.74) is 1.21. The highest BCUT2D eigenvalue weighted by Crippen LogP contribution is 2.19. The van der Waals surface area contributed by atoms with E-state index in [2.05, 4.69) is 22.2 Å². The fourth-order valence-electron chi connectivity index (χ4n) is 3.20. The number of hydrogen-bond acceptors (Lipinski definition) is 4. The molecule has 0 spiro atoms. The molecule has 1 fully saturated rings. The zero-order valence-electron chi connectivity index (χ0n) is 14.9. The smallest absolute Gasteiger partial charge is 0.275 e. The zero-order chi connectivity index (χ0) is 17.6. The normalized spacial score (nSPS) is 15.9. The average Bonchev–Trinajstić information content (AvgIpc) is 3.30. The van der Waals surface area contributed by atoms with Gasteiger partial charge >= 0.3 is 0 Å². The van der Waals surface area contributed by atoms with Gasteiger partial charge in [-0.25, -0.2) is 4.68 Å². The molecule has 2 aromatic rings. The van der Waals surface area contributed by atoms with Crippen LogP contribution in [0.2, 0.25) is 0 Å². The summed E-state index contributed by atoms with van der Waals surface area (Å²) in [4.78, 5) is 15.0. The molecule has 1 unspecified atom stereocenters. The van der Waals surface area contributed by atoms with Crippen LogP contribution in [0.1, 0.15) is 30.3 Å². The van der Waals surface area contributed by atoms with E-state index in [0.29, 0.717) is 23.9 Å². The van der Waals surface area contributed by atoms with E-state index >= 15 is 0 Å². The second-order valence-corrected chi connectivity index (χ2v) is 6.65. The fraction of sp³-hybridized carbons (Fsp3) is 0.474. The number of methoxy groups -OCH3 is 1. The summed E-state index contributed by atoms with van der Waals surface area (Å²) in [5.74, 6) is 0.692. The summed E-state index contributed by atoms with van der Waals surface area (Å²) in [6.45, 7) is 6.17. The Morgan fingerprint density at radius 3 is 2.68 bits per heavy atom. The molecular weight excluding hydrogens is 316 g/mol. The summed E-state index contributed by atoms with van der Waals surface area (Å²) >= 11 is 0. The molecule has 25 heavy (non-hydrogen) atoms. The third-order valence-electron chi connectivity index (χ3n) is 4.52. The first-order valence-electron chi connectivity index (χ1n) is 8.87. The van der Waals surface area contributed by atoms with Crippen LogP contribution >= 0.6 is 0 Å². The van der Waals surface area contributed by atoms with Crippen LogP contribution in [-0.2, 0) is 0 Å². The first-order valence-corrected chi connectivity index (χ1v) is 8.87. The summed E-state index contributed by atoms with van der Waals surface area (Å²) < 4.78 is 7.00. The summed E-state index contributed by atoms with van der Waals surface area (Å²) in [7, 11) is 1.55. The predicted molar refractivity (Wildman–Crippen MR) is 97.3 cm³/mol. The SMILES string of the molecule is COc1cn(-c2ccccc2)nc1C(=O)NCC(C)CN1CCCC1. The second kappa shape index (κ2) is 8.16. The molecular formula is C19H26N4O2. The lowest BCUT2D eigenvalue weighted by Gasteiger charge is -2.20. The van der Waals surface area contributed by atoms with Gasteiger partial charge in [0.15, 0.2) is 11.4 Å². The second-order valence-electron chi connectivity index (χ2n) is 6.65. The van der Waals surface area contributed by atoms with E-state index in [-0.39, 0.29) is 5.91 Å². The number of para-hydroxylation sites is 1. The number of likely N-dealkylation sites (tertiary alicyclic amines) is 1. The Balaban J connectivity index is 1.62. The molecule has 6 heteroatoms. The van der Waals surface area contributed by atoms with E-state index in [4.69, 9.17) is 4.74 Å². The fourth-order valence-corrected chi connectivity index (χ4v) is 3.20. The molecule has 1 aromatic heterocycles. The van der Waals surface area contributed by atoms with Crippen LogP contribution in [0.25, 0.3) is 5.69 Å². The van der Waals surface area contributed by atoms with Crippen molar-refractivity contribution in [3.05, 3.63) is 42.2 Å². The van der Waals surface area contributed by atoms with Gasteiger partial charge in [0.05, 0.1) is 19.0 Å². The molecule has 1 amide bonds. The third-order valence-corrected chi connectivity index (χ3v) is 4.52. The van der Waals surface area contributed by atoms with Crippen LogP contribution in [0, 0.1) is 5.92 Å². The molecule has 0 radical (unpaired) electrons. The Hall–Kier alpha value is -2.34. The van der Waals surface area contributed by atoms with Gasteiger partial charge < -0.3 is 15.0 Å². The summed E-state index contributed by atoms with van der Waals surface area (Å²) in [6.07, 6.45) is 4.30. The minimum atomic E-state index is -0.195. The molecule has 0 bridgehead atoms. The van der Waals surface area contributed by atoms with Crippen LogP contribution in [0.15, 0.2) is 36.5 Å². The first-order chi connectivity index (χ1) is 12.2. The Morgan fingerprint density at radius 1 is 1.28 bits per heavy atom. The van der Waals surface area contributed by atoms with Gasteiger partial charge in [0.1, 0.15) is 0 Å². The van der Waals surface area contributed by atoms with Crippen molar-refractivity contribution in [3.63, 3.8) is 0 Å². The standard InChI is InChI=1S/C19H26N4O2/c1-15(13-22-10-6-7-11-22)12-20-19(24)18-17(25-2)14-23(21-18)16-8-4-3-5-9-16/h3-5,8-9,14-15H,6-7,10-13H2,1-2H3,(H,20,24). The Bertz CT molecular complexity index is 693. The summed E-state index contributed by atoms with van der Waals surface area (Å²) in [5, 5.41) is 7.39. The molecule has 1 aliphatic rings. The lowest BCUT2D eigenvalue weighted by molar-refractivity contribution is 0.0936. The lowest BCUT2D eigenvalue weighted by Crippen LogP contribution is -2.34. The van der Waals surface area contributed by atoms with Gasteiger partial charge in [0.25, 0.3) is 5.91 Å². The van der Waals surface area contributed by atoms with Crippen LogP contribution in [-0.4, -0.2) is 53.9 Å². The van der Waals surface area contributed by atoms with Crippen LogP contribution < -0.4 is 10.1 Å². The number of carbonyl (C=O) groups is 1. The van der Waals surface area contributed by atoms with Crippen LogP contribution in [0.3, 0.4) is 0 Å². The maximum absolute atomic E-state index is 12.5. The van der Waals surface area contributed by atoms with E-state index in [1.807, 2.05) is 30.3 Å². The number of nitrogens with zero attached hydrogens (tertiary/aromatic N) is 3. The topological polar surface area (TPSA) is 59.4 Å². The monoisotopic (exact) mass is 342 g/mol. The van der Waals surface area contributed by atoms with Crippen molar-refractivity contribution in [1.82, 2.24) is 20.0 Å². The molecule has 1 aromatic carbocycles. The number of benzene rings is 1. The molecule has 6 nitrogen and oxygen atoms in total. The van der Waals surface area contributed by atoms with Gasteiger partial charge in [-0.3, -0.25) is 4.79 Å². The van der Waals surface area contributed by atoms with Gasteiger partial charge in [0, 0.05) is 13.1 Å². The molecule has 1 saturated heterocycles. The molecule has 1 N–H and O–H groups in total. The average molecular weight is 342 g/mol. The van der Waals surface area contributed by atoms with E-state index < -0.39 is 0 Å². The molecule has 2 heterocycles. The number of rotatable bonds is 7. The molecule has 1 aliphatic heterocycles. The van der Waals surface area contributed by atoms with Crippen molar-refractivity contribution in [1.29, 1.82) is 0 Å². The van der Waals surface area contributed by atoms with Gasteiger partial charge in [0.2, 0.25) is 0 Å². The van der Waals surface area contributed by atoms with Crippen molar-refractivity contribution in [2.45, 2.75) is 19.8 Å². The largest absolute Gasteiger partial charge is 0.493 e. The molecule has 134 valence electrons.